The number of piperidine rings is 1. The fourth-order valence-electron chi connectivity index (χ4n) is 4.78. The van der Waals surface area contributed by atoms with E-state index in [1.54, 1.807) is 24.3 Å². The number of hydrazone groups is 1. The van der Waals surface area contributed by atoms with E-state index in [4.69, 9.17) is 9.84 Å². The molecule has 0 amide bonds. The Morgan fingerprint density at radius 1 is 1.13 bits per heavy atom. The van der Waals surface area contributed by atoms with E-state index in [0.717, 1.165) is 61.5 Å². The molecular formula is C23H25F2N3O2. The fourth-order valence-corrected chi connectivity index (χ4v) is 4.78. The third-order valence-electron chi connectivity index (χ3n) is 6.40. The van der Waals surface area contributed by atoms with E-state index >= 15 is 0 Å². The van der Waals surface area contributed by atoms with Gasteiger partial charge in [-0.2, -0.15) is 13.9 Å². The molecule has 1 saturated heterocycles. The van der Waals surface area contributed by atoms with Gasteiger partial charge in [0.15, 0.2) is 0 Å². The van der Waals surface area contributed by atoms with Crippen molar-refractivity contribution in [3.05, 3.63) is 59.7 Å². The van der Waals surface area contributed by atoms with Gasteiger partial charge in [0.25, 0.3) is 0 Å². The average Bonchev–Trinajstić information content (AvgIpc) is 3.21. The number of para-hydroxylation sites is 1. The minimum Gasteiger partial charge on any atom is -0.466 e. The highest BCUT2D eigenvalue weighted by Gasteiger charge is 2.51. The highest BCUT2D eigenvalue weighted by molar-refractivity contribution is 6.02. The van der Waals surface area contributed by atoms with Gasteiger partial charge in [-0.05, 0) is 42.4 Å². The molecule has 2 aromatic rings. The summed E-state index contributed by atoms with van der Waals surface area (Å²) < 4.78 is 36.0. The van der Waals surface area contributed by atoms with E-state index in [1.807, 2.05) is 12.1 Å². The first-order valence-corrected chi connectivity index (χ1v) is 10.5. The molecule has 3 aliphatic heterocycles. The first-order chi connectivity index (χ1) is 14.6. The summed E-state index contributed by atoms with van der Waals surface area (Å²) in [6, 6.07) is 15.1. The van der Waals surface area contributed by atoms with Crippen LogP contribution in [0.15, 0.2) is 53.6 Å². The number of alkyl halides is 2. The summed E-state index contributed by atoms with van der Waals surface area (Å²) in [6.45, 7) is 2.36. The van der Waals surface area contributed by atoms with Crippen LogP contribution < -0.4 is 9.47 Å². The smallest absolute Gasteiger partial charge is 0.387 e. The minimum absolute atomic E-state index is 0.120. The molecule has 0 radical (unpaired) electrons. The number of halogens is 2. The maximum absolute atomic E-state index is 12.4. The van der Waals surface area contributed by atoms with E-state index in [-0.39, 0.29) is 11.8 Å². The van der Waals surface area contributed by atoms with Crippen LogP contribution in [0.1, 0.15) is 43.4 Å². The number of hydrogen-bond acceptors (Lipinski definition) is 5. The number of benzene rings is 2. The molecule has 1 fully saturated rings. The van der Waals surface area contributed by atoms with Gasteiger partial charge >= 0.3 is 6.61 Å². The zero-order valence-electron chi connectivity index (χ0n) is 16.9. The van der Waals surface area contributed by atoms with Gasteiger partial charge < -0.3 is 14.4 Å². The molecule has 1 atom stereocenters. The summed E-state index contributed by atoms with van der Waals surface area (Å²) in [4.78, 5) is 2.44. The van der Waals surface area contributed by atoms with Crippen LogP contribution in [-0.4, -0.2) is 47.6 Å². The van der Waals surface area contributed by atoms with Crippen molar-refractivity contribution in [2.75, 3.05) is 19.6 Å². The van der Waals surface area contributed by atoms with Crippen LogP contribution in [-0.2, 0) is 0 Å². The molecule has 5 rings (SSSR count). The summed E-state index contributed by atoms with van der Waals surface area (Å²) in [5.41, 5.74) is 2.58. The second-order valence-electron chi connectivity index (χ2n) is 8.03. The van der Waals surface area contributed by atoms with Crippen LogP contribution >= 0.6 is 0 Å². The van der Waals surface area contributed by atoms with Gasteiger partial charge in [0, 0.05) is 37.9 Å². The molecule has 30 heavy (non-hydrogen) atoms. The van der Waals surface area contributed by atoms with Crippen molar-refractivity contribution in [3.63, 3.8) is 0 Å². The predicted octanol–water partition coefficient (Wildman–Crippen LogP) is 4.64. The monoisotopic (exact) mass is 413 g/mol. The Morgan fingerprint density at radius 3 is 2.57 bits per heavy atom. The summed E-state index contributed by atoms with van der Waals surface area (Å²) >= 11 is 0. The molecule has 0 N–H and O–H groups in total. The number of fused-ring (bicyclic) bond motifs is 4. The minimum atomic E-state index is -2.82. The molecule has 3 aliphatic rings. The van der Waals surface area contributed by atoms with Gasteiger partial charge in [-0.1, -0.05) is 25.1 Å². The van der Waals surface area contributed by atoms with Crippen LogP contribution in [0.4, 0.5) is 8.78 Å². The first kappa shape index (κ1) is 19.3. The normalized spacial score (nSPS) is 22.5. The van der Waals surface area contributed by atoms with E-state index in [0.29, 0.717) is 0 Å². The number of likely N-dealkylation sites (tertiary alicyclic amines) is 1. The quantitative estimate of drug-likeness (QED) is 0.732. The van der Waals surface area contributed by atoms with Crippen molar-refractivity contribution in [1.29, 1.82) is 0 Å². The lowest BCUT2D eigenvalue weighted by molar-refractivity contribution is -0.149. The lowest BCUT2D eigenvalue weighted by atomic mass is 9.90. The summed E-state index contributed by atoms with van der Waals surface area (Å²) in [7, 11) is 0. The first-order valence-electron chi connectivity index (χ1n) is 10.5. The van der Waals surface area contributed by atoms with Gasteiger partial charge in [0.05, 0.1) is 11.8 Å². The molecule has 0 bridgehead atoms. The third kappa shape index (κ3) is 3.31. The van der Waals surface area contributed by atoms with Crippen LogP contribution in [0.25, 0.3) is 0 Å². The number of nitrogens with zero attached hydrogens (tertiary/aromatic N) is 3. The Labute approximate surface area is 174 Å². The van der Waals surface area contributed by atoms with Gasteiger partial charge in [-0.3, -0.25) is 0 Å². The Bertz CT molecular complexity index is 940. The van der Waals surface area contributed by atoms with Crippen molar-refractivity contribution in [1.82, 2.24) is 9.91 Å². The fraction of sp³-hybridized carbons (Fsp3) is 0.435. The lowest BCUT2D eigenvalue weighted by Gasteiger charge is -2.51. The van der Waals surface area contributed by atoms with Crippen LogP contribution in [0.5, 0.6) is 11.5 Å². The number of hydrogen-bond donors (Lipinski definition) is 0. The summed E-state index contributed by atoms with van der Waals surface area (Å²) in [6.07, 6.45) is 2.54. The lowest BCUT2D eigenvalue weighted by Crippen LogP contribution is -2.59. The van der Waals surface area contributed by atoms with Gasteiger partial charge in [0.2, 0.25) is 5.72 Å². The second kappa shape index (κ2) is 7.54. The van der Waals surface area contributed by atoms with Crippen molar-refractivity contribution in [2.45, 2.75) is 44.6 Å². The molecule has 0 aromatic heterocycles. The summed E-state index contributed by atoms with van der Waals surface area (Å²) in [5.74, 6) is 1.10. The molecule has 7 heteroatoms. The average molecular weight is 413 g/mol. The Hall–Kier alpha value is -2.67. The van der Waals surface area contributed by atoms with E-state index < -0.39 is 12.3 Å². The Morgan fingerprint density at radius 2 is 1.87 bits per heavy atom. The second-order valence-corrected chi connectivity index (χ2v) is 8.03. The molecule has 1 spiro atoms. The number of ether oxygens (including phenoxy) is 2. The Balaban J connectivity index is 1.47. The highest BCUT2D eigenvalue weighted by atomic mass is 19.3. The topological polar surface area (TPSA) is 37.3 Å². The zero-order valence-corrected chi connectivity index (χ0v) is 16.9. The van der Waals surface area contributed by atoms with Crippen molar-refractivity contribution in [2.24, 2.45) is 5.10 Å². The van der Waals surface area contributed by atoms with Crippen LogP contribution in [0.2, 0.25) is 0 Å². The van der Waals surface area contributed by atoms with Crippen molar-refractivity contribution < 1.29 is 18.3 Å². The Kier molecular flexibility index (Phi) is 4.85. The molecule has 2 aromatic carbocycles. The maximum Gasteiger partial charge on any atom is 0.387 e. The van der Waals surface area contributed by atoms with Crippen molar-refractivity contribution in [3.8, 4) is 11.5 Å². The van der Waals surface area contributed by atoms with E-state index in [1.165, 1.54) is 0 Å². The number of rotatable bonds is 4. The SMILES string of the molecule is CCN1CCC2(CC1)Oc1ccccc1C1CC(c3ccc(OC(F)F)cc3)=NN12. The highest BCUT2D eigenvalue weighted by Crippen LogP contribution is 2.49. The molecule has 3 heterocycles. The van der Waals surface area contributed by atoms with E-state index in [2.05, 4.69) is 33.7 Å². The van der Waals surface area contributed by atoms with Gasteiger partial charge in [-0.25, -0.2) is 5.01 Å². The van der Waals surface area contributed by atoms with Gasteiger partial charge in [0.1, 0.15) is 11.5 Å². The molecular weight excluding hydrogens is 388 g/mol. The molecule has 0 aliphatic carbocycles. The molecule has 0 saturated carbocycles. The molecule has 158 valence electrons. The van der Waals surface area contributed by atoms with Gasteiger partial charge in [-0.15, -0.1) is 0 Å². The summed E-state index contributed by atoms with van der Waals surface area (Å²) in [5, 5.41) is 7.18. The maximum atomic E-state index is 12.4. The van der Waals surface area contributed by atoms with Crippen LogP contribution in [0, 0.1) is 0 Å². The standard InChI is InChI=1S/C23H25F2N3O2/c1-2-27-13-11-23(12-14-27)28-20(18-5-3-4-6-21(18)30-23)15-19(26-28)16-7-9-17(10-8-16)29-22(24)25/h3-10,20,22H,2,11-15H2,1H3. The molecule has 1 unspecified atom stereocenters. The predicted molar refractivity (Wildman–Crippen MR) is 110 cm³/mol. The zero-order chi connectivity index (χ0) is 20.7. The molecule has 5 nitrogen and oxygen atoms in total. The largest absolute Gasteiger partial charge is 0.466 e. The third-order valence-corrected chi connectivity index (χ3v) is 6.40. The van der Waals surface area contributed by atoms with Crippen molar-refractivity contribution >= 4 is 5.71 Å². The van der Waals surface area contributed by atoms with E-state index in [9.17, 15) is 8.78 Å². The van der Waals surface area contributed by atoms with Crippen LogP contribution in [0.3, 0.4) is 0 Å².